The summed E-state index contributed by atoms with van der Waals surface area (Å²) in [6.45, 7) is 0. The zero-order chi connectivity index (χ0) is 19.3. The molecule has 0 saturated carbocycles. The first-order chi connectivity index (χ1) is 13.8. The van der Waals surface area contributed by atoms with Gasteiger partial charge in [0.1, 0.15) is 34.9 Å². The van der Waals surface area contributed by atoms with Gasteiger partial charge in [0.15, 0.2) is 0 Å². The highest BCUT2D eigenvalue weighted by Crippen LogP contribution is 2.58. The molecule has 0 saturated heterocycles. The van der Waals surface area contributed by atoms with Gasteiger partial charge in [-0.3, -0.25) is 0 Å². The van der Waals surface area contributed by atoms with E-state index in [1.807, 2.05) is 7.11 Å². The largest absolute Gasteiger partial charge is 0.370 e. The van der Waals surface area contributed by atoms with Crippen LogP contribution in [0.2, 0.25) is 0 Å². The SMILES string of the molecule is COC1(C[P+](c2ccccc2)(c2ccccc2)c2ccccc2)C=CC=CC1. The highest BCUT2D eigenvalue weighted by atomic mass is 31.2. The molecule has 28 heavy (non-hydrogen) atoms. The van der Waals surface area contributed by atoms with Crippen LogP contribution >= 0.6 is 7.26 Å². The van der Waals surface area contributed by atoms with Crippen LogP contribution in [0.25, 0.3) is 0 Å². The predicted octanol–water partition coefficient (Wildman–Crippen LogP) is 4.88. The second kappa shape index (κ2) is 8.27. The van der Waals surface area contributed by atoms with Crippen molar-refractivity contribution in [3.05, 3.63) is 115 Å². The number of benzene rings is 3. The van der Waals surface area contributed by atoms with Gasteiger partial charge < -0.3 is 4.74 Å². The molecular formula is C26H26OP+. The van der Waals surface area contributed by atoms with Crippen molar-refractivity contribution in [2.24, 2.45) is 0 Å². The lowest BCUT2D eigenvalue weighted by Gasteiger charge is -2.37. The monoisotopic (exact) mass is 385 g/mol. The van der Waals surface area contributed by atoms with E-state index in [4.69, 9.17) is 4.74 Å². The summed E-state index contributed by atoms with van der Waals surface area (Å²) in [5.74, 6) is 0. The minimum atomic E-state index is -1.91. The first-order valence-electron chi connectivity index (χ1n) is 9.74. The van der Waals surface area contributed by atoms with Gasteiger partial charge in [0, 0.05) is 13.5 Å². The minimum Gasteiger partial charge on any atom is -0.370 e. The second-order valence-electron chi connectivity index (χ2n) is 7.23. The van der Waals surface area contributed by atoms with Crippen molar-refractivity contribution in [3.63, 3.8) is 0 Å². The molecular weight excluding hydrogens is 359 g/mol. The molecule has 3 aromatic carbocycles. The van der Waals surface area contributed by atoms with E-state index in [0.29, 0.717) is 0 Å². The van der Waals surface area contributed by atoms with Crippen LogP contribution in [-0.4, -0.2) is 18.9 Å². The summed E-state index contributed by atoms with van der Waals surface area (Å²) in [5.41, 5.74) is -0.302. The van der Waals surface area contributed by atoms with E-state index in [1.165, 1.54) is 15.9 Å². The van der Waals surface area contributed by atoms with Crippen LogP contribution in [0.15, 0.2) is 115 Å². The number of hydrogen-bond acceptors (Lipinski definition) is 1. The fourth-order valence-corrected chi connectivity index (χ4v) is 8.80. The Balaban J connectivity index is 1.99. The molecule has 0 bridgehead atoms. The summed E-state index contributed by atoms with van der Waals surface area (Å²) in [7, 11) is -0.0674. The van der Waals surface area contributed by atoms with Crippen molar-refractivity contribution in [3.8, 4) is 0 Å². The Morgan fingerprint density at radius 3 is 1.54 bits per heavy atom. The van der Waals surface area contributed by atoms with E-state index in [2.05, 4.69) is 115 Å². The van der Waals surface area contributed by atoms with Crippen LogP contribution in [-0.2, 0) is 4.74 Å². The fraction of sp³-hybridized carbons (Fsp3) is 0.154. The molecule has 140 valence electrons. The van der Waals surface area contributed by atoms with Crippen LogP contribution in [0, 0.1) is 0 Å². The molecule has 1 atom stereocenters. The molecule has 4 rings (SSSR count). The third-order valence-electron chi connectivity index (χ3n) is 5.61. The molecule has 0 aromatic heterocycles. The smallest absolute Gasteiger partial charge is 0.124 e. The van der Waals surface area contributed by atoms with Gasteiger partial charge in [0.05, 0.1) is 0 Å². The summed E-state index contributed by atoms with van der Waals surface area (Å²) >= 11 is 0. The first kappa shape index (κ1) is 18.9. The molecule has 0 fully saturated rings. The Morgan fingerprint density at radius 1 is 0.714 bits per heavy atom. The van der Waals surface area contributed by atoms with E-state index < -0.39 is 7.26 Å². The summed E-state index contributed by atoms with van der Waals surface area (Å²) in [4.78, 5) is 0. The maximum atomic E-state index is 6.19. The van der Waals surface area contributed by atoms with E-state index in [9.17, 15) is 0 Å². The minimum absolute atomic E-state index is 0.302. The topological polar surface area (TPSA) is 9.23 Å². The van der Waals surface area contributed by atoms with Gasteiger partial charge in [0.25, 0.3) is 0 Å². The number of rotatable bonds is 6. The molecule has 1 aliphatic carbocycles. The Labute approximate surface area is 168 Å². The summed E-state index contributed by atoms with van der Waals surface area (Å²) in [6.07, 6.45) is 10.5. The average Bonchev–Trinajstić information content (AvgIpc) is 2.80. The number of methoxy groups -OCH3 is 1. The van der Waals surface area contributed by atoms with E-state index in [-0.39, 0.29) is 5.60 Å². The van der Waals surface area contributed by atoms with Gasteiger partial charge in [-0.15, -0.1) is 0 Å². The van der Waals surface area contributed by atoms with E-state index >= 15 is 0 Å². The molecule has 1 aliphatic rings. The standard InChI is InChI=1S/C26H26OP/c1-27-26(20-12-5-13-21-26)22-28(23-14-6-2-7-15-23,24-16-8-3-9-17-24)25-18-10-4-11-19-25/h2-20H,21-22H2,1H3/q+1. The molecule has 0 spiro atoms. The third-order valence-corrected chi connectivity index (χ3v) is 10.2. The van der Waals surface area contributed by atoms with Crippen molar-refractivity contribution in [2.45, 2.75) is 12.0 Å². The lowest BCUT2D eigenvalue weighted by molar-refractivity contribution is 0.0538. The normalized spacial score (nSPS) is 18.9. The molecule has 0 radical (unpaired) electrons. The molecule has 1 unspecified atom stereocenters. The highest BCUT2D eigenvalue weighted by molar-refractivity contribution is 7.95. The van der Waals surface area contributed by atoms with Gasteiger partial charge in [-0.2, -0.15) is 0 Å². The number of hydrogen-bond donors (Lipinski definition) is 0. The summed E-state index contributed by atoms with van der Waals surface area (Å²) in [6, 6.07) is 33.0. The molecule has 0 N–H and O–H groups in total. The number of ether oxygens (including phenoxy) is 1. The third kappa shape index (κ3) is 3.49. The molecule has 0 aliphatic heterocycles. The second-order valence-corrected chi connectivity index (χ2v) is 10.7. The zero-order valence-electron chi connectivity index (χ0n) is 16.2. The van der Waals surface area contributed by atoms with Crippen molar-refractivity contribution in [1.82, 2.24) is 0 Å². The van der Waals surface area contributed by atoms with Crippen LogP contribution in [0.4, 0.5) is 0 Å². The Kier molecular flexibility index (Phi) is 5.57. The quantitative estimate of drug-likeness (QED) is 0.550. The maximum absolute atomic E-state index is 6.19. The van der Waals surface area contributed by atoms with E-state index in [0.717, 1.165) is 12.6 Å². The summed E-state index contributed by atoms with van der Waals surface area (Å²) in [5, 5.41) is 4.19. The van der Waals surface area contributed by atoms with Crippen LogP contribution in [0.1, 0.15) is 6.42 Å². The van der Waals surface area contributed by atoms with Crippen LogP contribution in [0.3, 0.4) is 0 Å². The van der Waals surface area contributed by atoms with Gasteiger partial charge in [0.2, 0.25) is 0 Å². The maximum Gasteiger partial charge on any atom is 0.124 e. The molecule has 3 aromatic rings. The number of allylic oxidation sites excluding steroid dienone is 2. The Morgan fingerprint density at radius 2 is 1.18 bits per heavy atom. The molecule has 1 nitrogen and oxygen atoms in total. The van der Waals surface area contributed by atoms with Gasteiger partial charge in [-0.1, -0.05) is 72.8 Å². The summed E-state index contributed by atoms with van der Waals surface area (Å²) < 4.78 is 6.19. The zero-order valence-corrected chi connectivity index (χ0v) is 17.1. The molecule has 0 heterocycles. The molecule has 0 amide bonds. The van der Waals surface area contributed by atoms with Crippen molar-refractivity contribution >= 4 is 23.2 Å². The lowest BCUT2D eigenvalue weighted by atomic mass is 9.97. The molecule has 2 heteroatoms. The Hall–Kier alpha value is -2.47. The van der Waals surface area contributed by atoms with Crippen molar-refractivity contribution in [2.75, 3.05) is 13.3 Å². The van der Waals surface area contributed by atoms with Gasteiger partial charge >= 0.3 is 0 Å². The van der Waals surface area contributed by atoms with Crippen LogP contribution < -0.4 is 15.9 Å². The van der Waals surface area contributed by atoms with Crippen LogP contribution in [0.5, 0.6) is 0 Å². The van der Waals surface area contributed by atoms with Crippen molar-refractivity contribution in [1.29, 1.82) is 0 Å². The Bertz CT molecular complexity index is 851. The fourth-order valence-electron chi connectivity index (χ4n) is 4.15. The first-order valence-corrected chi connectivity index (χ1v) is 11.7. The van der Waals surface area contributed by atoms with Gasteiger partial charge in [-0.05, 0) is 42.5 Å². The average molecular weight is 385 g/mol. The lowest BCUT2D eigenvalue weighted by Crippen LogP contribution is -2.44. The van der Waals surface area contributed by atoms with E-state index in [1.54, 1.807) is 0 Å². The van der Waals surface area contributed by atoms with Crippen molar-refractivity contribution < 1.29 is 4.74 Å². The highest BCUT2D eigenvalue weighted by Gasteiger charge is 2.51. The predicted molar refractivity (Wildman–Crippen MR) is 123 cm³/mol. The van der Waals surface area contributed by atoms with Gasteiger partial charge in [-0.25, -0.2) is 0 Å².